The number of hydrogen-bond donors (Lipinski definition) is 1. The summed E-state index contributed by atoms with van der Waals surface area (Å²) in [6, 6.07) is 6.97. The van der Waals surface area contributed by atoms with E-state index in [4.69, 9.17) is 5.11 Å². The van der Waals surface area contributed by atoms with Gasteiger partial charge in [0.25, 0.3) is 0 Å². The number of phenolic OH excluding ortho intramolecular Hbond substituents is 1. The van der Waals surface area contributed by atoms with Crippen molar-refractivity contribution in [2.24, 2.45) is 0 Å². The molecule has 0 aliphatic carbocycles. The van der Waals surface area contributed by atoms with Gasteiger partial charge in [0.05, 0.1) is 0 Å². The molecule has 1 rings (SSSR count). The van der Waals surface area contributed by atoms with Crippen molar-refractivity contribution in [3.05, 3.63) is 72.4 Å². The van der Waals surface area contributed by atoms with Gasteiger partial charge in [-0.05, 0) is 30.7 Å². The Morgan fingerprint density at radius 2 is 1.50 bits per heavy atom. The molecule has 0 amide bonds. The first-order valence-electron chi connectivity index (χ1n) is 5.66. The third-order valence-corrected chi connectivity index (χ3v) is 2.07. The molecule has 0 saturated heterocycles. The highest BCUT2D eigenvalue weighted by atomic mass is 16.3. The van der Waals surface area contributed by atoms with Crippen molar-refractivity contribution < 1.29 is 9.90 Å². The van der Waals surface area contributed by atoms with Crippen LogP contribution in [0.4, 0.5) is 0 Å². The first kappa shape index (κ1) is 13.7. The van der Waals surface area contributed by atoms with Crippen molar-refractivity contribution in [1.82, 2.24) is 0 Å². The molecule has 0 heterocycles. The summed E-state index contributed by atoms with van der Waals surface area (Å²) in [5.74, 6) is 0.304. The van der Waals surface area contributed by atoms with E-state index in [1.165, 1.54) is 13.0 Å². The maximum Gasteiger partial charge on any atom is 0.152 e. The Balaban J connectivity index is 2.40. The number of ketones is 1. The fourth-order valence-electron chi connectivity index (χ4n) is 1.20. The van der Waals surface area contributed by atoms with Gasteiger partial charge in [0.15, 0.2) is 5.78 Å². The van der Waals surface area contributed by atoms with Crippen molar-refractivity contribution in [3.63, 3.8) is 0 Å². The topological polar surface area (TPSA) is 37.3 Å². The van der Waals surface area contributed by atoms with Crippen LogP contribution in [0.5, 0.6) is 5.75 Å². The van der Waals surface area contributed by atoms with Gasteiger partial charge in [0.1, 0.15) is 5.75 Å². The summed E-state index contributed by atoms with van der Waals surface area (Å²) in [7, 11) is 0. The molecule has 0 aromatic heterocycles. The molecule has 0 aliphatic rings. The molecule has 2 nitrogen and oxygen atoms in total. The molecule has 2 heteroatoms. The second-order valence-electron chi connectivity index (χ2n) is 3.69. The molecule has 1 aromatic carbocycles. The minimum absolute atomic E-state index is 0.0378. The Morgan fingerprint density at radius 1 is 0.944 bits per heavy atom. The molecule has 0 atom stereocenters. The maximum absolute atomic E-state index is 10.6. The van der Waals surface area contributed by atoms with E-state index < -0.39 is 0 Å². The number of allylic oxidation sites excluding steroid dienone is 7. The fourth-order valence-corrected chi connectivity index (χ4v) is 1.20. The summed E-state index contributed by atoms with van der Waals surface area (Å²) in [6.07, 6.45) is 14.5. The van der Waals surface area contributed by atoms with Crippen molar-refractivity contribution in [2.45, 2.75) is 6.92 Å². The summed E-state index contributed by atoms with van der Waals surface area (Å²) in [4.78, 5) is 10.6. The molecule has 1 N–H and O–H groups in total. The lowest BCUT2D eigenvalue weighted by atomic mass is 10.2. The van der Waals surface area contributed by atoms with Crippen molar-refractivity contribution in [2.75, 3.05) is 0 Å². The minimum atomic E-state index is 0.0378. The molecule has 0 bridgehead atoms. The van der Waals surface area contributed by atoms with Gasteiger partial charge >= 0.3 is 0 Å². The largest absolute Gasteiger partial charge is 0.508 e. The van der Waals surface area contributed by atoms with E-state index in [0.29, 0.717) is 0 Å². The molecule has 0 aliphatic heterocycles. The van der Waals surface area contributed by atoms with E-state index in [-0.39, 0.29) is 11.5 Å². The zero-order valence-corrected chi connectivity index (χ0v) is 10.3. The number of phenols is 1. The summed E-state index contributed by atoms with van der Waals surface area (Å²) in [5.41, 5.74) is 1.03. The summed E-state index contributed by atoms with van der Waals surface area (Å²) < 4.78 is 0. The number of hydrogen-bond acceptors (Lipinski definition) is 2. The Hall–Kier alpha value is -2.35. The second kappa shape index (κ2) is 7.85. The third kappa shape index (κ3) is 6.28. The van der Waals surface area contributed by atoms with Gasteiger partial charge in [-0.1, -0.05) is 54.7 Å². The van der Waals surface area contributed by atoms with Crippen LogP contribution in [0.3, 0.4) is 0 Å². The highest BCUT2D eigenvalue weighted by molar-refractivity contribution is 5.87. The van der Waals surface area contributed by atoms with Crippen LogP contribution in [0, 0.1) is 0 Å². The van der Waals surface area contributed by atoms with Crippen molar-refractivity contribution in [1.29, 1.82) is 0 Å². The van der Waals surface area contributed by atoms with Crippen LogP contribution in [0.2, 0.25) is 0 Å². The lowest BCUT2D eigenvalue weighted by molar-refractivity contribution is -0.112. The van der Waals surface area contributed by atoms with Crippen molar-refractivity contribution >= 4 is 11.9 Å². The fraction of sp³-hybridized carbons (Fsp3) is 0.0625. The van der Waals surface area contributed by atoms with Crippen LogP contribution in [0.15, 0.2) is 66.8 Å². The molecule has 0 spiro atoms. The molecular weight excluding hydrogens is 224 g/mol. The highest BCUT2D eigenvalue weighted by Gasteiger charge is 1.85. The van der Waals surface area contributed by atoms with Gasteiger partial charge in [-0.25, -0.2) is 0 Å². The van der Waals surface area contributed by atoms with Gasteiger partial charge in [0, 0.05) is 0 Å². The third-order valence-electron chi connectivity index (χ3n) is 2.07. The van der Waals surface area contributed by atoms with Crippen LogP contribution in [0.25, 0.3) is 6.08 Å². The first-order chi connectivity index (χ1) is 8.68. The second-order valence-corrected chi connectivity index (χ2v) is 3.69. The molecule has 1 aromatic rings. The summed E-state index contributed by atoms with van der Waals surface area (Å²) in [5, 5.41) is 9.11. The average Bonchev–Trinajstić information content (AvgIpc) is 2.34. The van der Waals surface area contributed by atoms with E-state index in [2.05, 4.69) is 0 Å². The van der Waals surface area contributed by atoms with Crippen molar-refractivity contribution in [3.8, 4) is 5.75 Å². The van der Waals surface area contributed by atoms with E-state index in [1.807, 2.05) is 42.5 Å². The van der Waals surface area contributed by atoms with Crippen LogP contribution in [0.1, 0.15) is 12.5 Å². The standard InChI is InChI=1S/C16H16O2/c1-14(17)8-6-4-2-3-5-7-9-15-10-12-16(18)13-11-15/h2-13,18H,1H3. The van der Waals surface area contributed by atoms with Crippen LogP contribution >= 0.6 is 0 Å². The lowest BCUT2D eigenvalue weighted by Crippen LogP contribution is -1.77. The highest BCUT2D eigenvalue weighted by Crippen LogP contribution is 2.10. The van der Waals surface area contributed by atoms with Crippen LogP contribution in [-0.2, 0) is 4.79 Å². The maximum atomic E-state index is 10.6. The number of carbonyl (C=O) groups is 1. The van der Waals surface area contributed by atoms with Gasteiger partial charge in [-0.3, -0.25) is 4.79 Å². The molecule has 92 valence electrons. The Kier molecular flexibility index (Phi) is 5.98. The van der Waals surface area contributed by atoms with Gasteiger partial charge in [-0.2, -0.15) is 0 Å². The smallest absolute Gasteiger partial charge is 0.152 e. The molecule has 0 fully saturated rings. The molecule has 18 heavy (non-hydrogen) atoms. The number of aromatic hydroxyl groups is 1. The number of benzene rings is 1. The molecule has 0 unspecified atom stereocenters. The van der Waals surface area contributed by atoms with Gasteiger partial charge < -0.3 is 5.11 Å². The van der Waals surface area contributed by atoms with E-state index >= 15 is 0 Å². The van der Waals surface area contributed by atoms with E-state index in [1.54, 1.807) is 24.3 Å². The predicted octanol–water partition coefficient (Wildman–Crippen LogP) is 3.66. The monoisotopic (exact) mass is 240 g/mol. The zero-order chi connectivity index (χ0) is 13.2. The molecular formula is C16H16O2. The normalized spacial score (nSPS) is 12.3. The number of carbonyl (C=O) groups excluding carboxylic acids is 1. The zero-order valence-electron chi connectivity index (χ0n) is 10.3. The Morgan fingerprint density at radius 3 is 2.11 bits per heavy atom. The summed E-state index contributed by atoms with van der Waals surface area (Å²) >= 11 is 0. The average molecular weight is 240 g/mol. The van der Waals surface area contributed by atoms with Crippen LogP contribution < -0.4 is 0 Å². The number of rotatable bonds is 5. The van der Waals surface area contributed by atoms with E-state index in [9.17, 15) is 4.79 Å². The Labute approximate surface area is 107 Å². The quantitative estimate of drug-likeness (QED) is 0.630. The minimum Gasteiger partial charge on any atom is -0.508 e. The molecule has 0 saturated carbocycles. The predicted molar refractivity (Wildman–Crippen MR) is 75.2 cm³/mol. The van der Waals surface area contributed by atoms with Crippen LogP contribution in [-0.4, -0.2) is 10.9 Å². The van der Waals surface area contributed by atoms with Gasteiger partial charge in [-0.15, -0.1) is 0 Å². The summed E-state index contributed by atoms with van der Waals surface area (Å²) in [6.45, 7) is 1.51. The Bertz CT molecular complexity index is 488. The SMILES string of the molecule is CC(=O)C=CC=CC=CC=Cc1ccc(O)cc1. The molecule has 0 radical (unpaired) electrons. The first-order valence-corrected chi connectivity index (χ1v) is 5.66. The van der Waals surface area contributed by atoms with Gasteiger partial charge in [0.2, 0.25) is 0 Å². The lowest BCUT2D eigenvalue weighted by Gasteiger charge is -1.92. The van der Waals surface area contributed by atoms with E-state index in [0.717, 1.165) is 5.56 Å².